The van der Waals surface area contributed by atoms with E-state index in [4.69, 9.17) is 11.5 Å². The van der Waals surface area contributed by atoms with Crippen molar-refractivity contribution in [3.8, 4) is 0 Å². The van der Waals surface area contributed by atoms with Gasteiger partial charge in [0.05, 0.1) is 0 Å². The summed E-state index contributed by atoms with van der Waals surface area (Å²) < 4.78 is 0. The number of hydrogen-bond donors (Lipinski definition) is 3. The molecule has 0 radical (unpaired) electrons. The first-order valence-electron chi connectivity index (χ1n) is 6.54. The van der Waals surface area contributed by atoms with Gasteiger partial charge < -0.3 is 16.8 Å². The number of rotatable bonds is 2. The summed E-state index contributed by atoms with van der Waals surface area (Å²) in [6.07, 6.45) is 10.1. The Kier molecular flexibility index (Phi) is 4.00. The van der Waals surface area contributed by atoms with Crippen LogP contribution in [0.1, 0.15) is 51.4 Å². The molecule has 0 aromatic rings. The Morgan fingerprint density at radius 2 is 1.07 bits per heavy atom. The average Bonchev–Trinajstić information content (AvgIpc) is 2.24. The van der Waals surface area contributed by atoms with Gasteiger partial charge in [-0.15, -0.1) is 0 Å². The van der Waals surface area contributed by atoms with Crippen LogP contribution in [0.4, 0.5) is 0 Å². The molecule has 0 amide bonds. The Bertz CT molecular complexity index is 175. The van der Waals surface area contributed by atoms with Crippen molar-refractivity contribution in [3.63, 3.8) is 0 Å². The Morgan fingerprint density at radius 1 is 0.667 bits per heavy atom. The van der Waals surface area contributed by atoms with Crippen molar-refractivity contribution in [1.82, 2.24) is 5.32 Å². The molecule has 4 atom stereocenters. The molecular formula is C12H25N3. The third kappa shape index (κ3) is 2.92. The van der Waals surface area contributed by atoms with Gasteiger partial charge in [-0.05, 0) is 25.7 Å². The minimum atomic E-state index is 0.355. The summed E-state index contributed by atoms with van der Waals surface area (Å²) in [4.78, 5) is 0. The van der Waals surface area contributed by atoms with Gasteiger partial charge in [-0.1, -0.05) is 25.7 Å². The van der Waals surface area contributed by atoms with Crippen molar-refractivity contribution in [2.24, 2.45) is 11.5 Å². The lowest BCUT2D eigenvalue weighted by Crippen LogP contribution is -2.56. The van der Waals surface area contributed by atoms with Crippen LogP contribution in [-0.4, -0.2) is 24.2 Å². The molecule has 0 aliphatic heterocycles. The molecule has 0 bridgehead atoms. The first-order chi connectivity index (χ1) is 7.27. The fraction of sp³-hybridized carbons (Fsp3) is 1.00. The third-order valence-electron chi connectivity index (χ3n) is 4.07. The van der Waals surface area contributed by atoms with Gasteiger partial charge in [0.1, 0.15) is 0 Å². The van der Waals surface area contributed by atoms with E-state index >= 15 is 0 Å². The Labute approximate surface area is 93.0 Å². The first kappa shape index (κ1) is 11.4. The molecule has 2 rings (SSSR count). The molecule has 0 spiro atoms. The lowest BCUT2D eigenvalue weighted by atomic mass is 9.86. The highest BCUT2D eigenvalue weighted by Gasteiger charge is 2.28. The highest BCUT2D eigenvalue weighted by atomic mass is 15.0. The molecule has 0 saturated heterocycles. The molecule has 2 aliphatic carbocycles. The Morgan fingerprint density at radius 3 is 1.47 bits per heavy atom. The van der Waals surface area contributed by atoms with E-state index in [0.29, 0.717) is 24.2 Å². The van der Waals surface area contributed by atoms with Crippen LogP contribution in [-0.2, 0) is 0 Å². The molecule has 3 heteroatoms. The summed E-state index contributed by atoms with van der Waals surface area (Å²) in [6.45, 7) is 0. The lowest BCUT2D eigenvalue weighted by Gasteiger charge is -2.37. The predicted molar refractivity (Wildman–Crippen MR) is 63.6 cm³/mol. The maximum absolute atomic E-state index is 6.14. The smallest absolute Gasteiger partial charge is 0.0222 e. The van der Waals surface area contributed by atoms with Gasteiger partial charge in [0.25, 0.3) is 0 Å². The molecule has 0 aromatic heterocycles. The van der Waals surface area contributed by atoms with Crippen LogP contribution in [0.25, 0.3) is 0 Å². The molecular weight excluding hydrogens is 186 g/mol. The van der Waals surface area contributed by atoms with Crippen LogP contribution in [0, 0.1) is 0 Å². The van der Waals surface area contributed by atoms with Crippen molar-refractivity contribution < 1.29 is 0 Å². The molecule has 2 saturated carbocycles. The normalized spacial score (nSPS) is 42.8. The third-order valence-corrected chi connectivity index (χ3v) is 4.07. The molecule has 15 heavy (non-hydrogen) atoms. The standard InChI is InChI=1S/C12H25N3/c13-9-5-1-3-7-11(9)15-12-8-4-2-6-10(12)14/h9-12,15H,1-8,13-14H2/t9-,10+,11-,12+. The van der Waals surface area contributed by atoms with Gasteiger partial charge in [0, 0.05) is 24.2 Å². The number of nitrogens with two attached hydrogens (primary N) is 2. The summed E-state index contributed by atoms with van der Waals surface area (Å²) in [6, 6.07) is 1.75. The summed E-state index contributed by atoms with van der Waals surface area (Å²) in [5.74, 6) is 0. The summed E-state index contributed by atoms with van der Waals surface area (Å²) >= 11 is 0. The molecule has 88 valence electrons. The second-order valence-corrected chi connectivity index (χ2v) is 5.28. The van der Waals surface area contributed by atoms with E-state index in [1.54, 1.807) is 0 Å². The first-order valence-corrected chi connectivity index (χ1v) is 6.54. The van der Waals surface area contributed by atoms with E-state index in [1.807, 2.05) is 0 Å². The van der Waals surface area contributed by atoms with Crippen molar-refractivity contribution in [2.75, 3.05) is 0 Å². The molecule has 2 fully saturated rings. The second-order valence-electron chi connectivity index (χ2n) is 5.28. The zero-order valence-electron chi connectivity index (χ0n) is 9.62. The van der Waals surface area contributed by atoms with Gasteiger partial charge in [0.2, 0.25) is 0 Å². The summed E-state index contributed by atoms with van der Waals surface area (Å²) in [5, 5.41) is 3.71. The monoisotopic (exact) mass is 211 g/mol. The molecule has 0 aromatic carbocycles. The van der Waals surface area contributed by atoms with E-state index in [9.17, 15) is 0 Å². The fourth-order valence-electron chi connectivity index (χ4n) is 3.01. The Balaban J connectivity index is 1.83. The van der Waals surface area contributed by atoms with E-state index in [0.717, 1.165) is 0 Å². The van der Waals surface area contributed by atoms with Crippen LogP contribution in [0.5, 0.6) is 0 Å². The van der Waals surface area contributed by atoms with Crippen LogP contribution in [0.2, 0.25) is 0 Å². The van der Waals surface area contributed by atoms with Crippen LogP contribution >= 0.6 is 0 Å². The van der Waals surface area contributed by atoms with E-state index in [-0.39, 0.29) is 0 Å². The van der Waals surface area contributed by atoms with Crippen molar-refractivity contribution in [2.45, 2.75) is 75.5 Å². The summed E-state index contributed by atoms with van der Waals surface area (Å²) in [7, 11) is 0. The molecule has 5 N–H and O–H groups in total. The fourth-order valence-corrected chi connectivity index (χ4v) is 3.01. The van der Waals surface area contributed by atoms with Crippen molar-refractivity contribution in [1.29, 1.82) is 0 Å². The van der Waals surface area contributed by atoms with E-state index in [1.165, 1.54) is 51.4 Å². The number of nitrogens with one attached hydrogen (secondary N) is 1. The predicted octanol–water partition coefficient (Wildman–Crippen LogP) is 1.12. The zero-order chi connectivity index (χ0) is 10.7. The van der Waals surface area contributed by atoms with Crippen molar-refractivity contribution in [3.05, 3.63) is 0 Å². The van der Waals surface area contributed by atoms with Crippen LogP contribution in [0.15, 0.2) is 0 Å². The van der Waals surface area contributed by atoms with Crippen LogP contribution < -0.4 is 16.8 Å². The second kappa shape index (κ2) is 5.28. The lowest BCUT2D eigenvalue weighted by molar-refractivity contribution is 0.248. The van der Waals surface area contributed by atoms with E-state index in [2.05, 4.69) is 5.32 Å². The van der Waals surface area contributed by atoms with Gasteiger partial charge in [0.15, 0.2) is 0 Å². The molecule has 0 heterocycles. The topological polar surface area (TPSA) is 64.1 Å². The minimum Gasteiger partial charge on any atom is -0.326 e. The van der Waals surface area contributed by atoms with E-state index < -0.39 is 0 Å². The van der Waals surface area contributed by atoms with Gasteiger partial charge in [-0.2, -0.15) is 0 Å². The average molecular weight is 211 g/mol. The highest BCUT2D eigenvalue weighted by Crippen LogP contribution is 2.21. The SMILES string of the molecule is N[C@@H]1CCCC[C@H]1N[C@H]1CCCC[C@@H]1N. The maximum atomic E-state index is 6.14. The Hall–Kier alpha value is -0.120. The number of hydrogen-bond acceptors (Lipinski definition) is 3. The van der Waals surface area contributed by atoms with Crippen LogP contribution in [0.3, 0.4) is 0 Å². The molecule has 2 aliphatic rings. The molecule has 3 nitrogen and oxygen atoms in total. The van der Waals surface area contributed by atoms with Gasteiger partial charge >= 0.3 is 0 Å². The van der Waals surface area contributed by atoms with Crippen molar-refractivity contribution >= 4 is 0 Å². The minimum absolute atomic E-state index is 0.355. The maximum Gasteiger partial charge on any atom is 0.0222 e. The zero-order valence-corrected chi connectivity index (χ0v) is 9.62. The highest BCUT2D eigenvalue weighted by molar-refractivity contribution is 4.91. The quantitative estimate of drug-likeness (QED) is 0.641. The summed E-state index contributed by atoms with van der Waals surface area (Å²) in [5.41, 5.74) is 12.3. The van der Waals surface area contributed by atoms with Gasteiger partial charge in [-0.3, -0.25) is 0 Å². The molecule has 0 unspecified atom stereocenters. The van der Waals surface area contributed by atoms with Gasteiger partial charge in [-0.25, -0.2) is 0 Å². The largest absolute Gasteiger partial charge is 0.326 e.